The minimum absolute atomic E-state index is 0.629. The number of aromatic nitrogens is 2. The fraction of sp³-hybridized carbons (Fsp3) is 0.286. The second-order valence-electron chi connectivity index (χ2n) is 4.19. The monoisotopic (exact) mass is 258 g/mol. The number of anilines is 1. The minimum Gasteiger partial charge on any atom is -0.497 e. The van der Waals surface area contributed by atoms with E-state index in [1.165, 1.54) is 0 Å². The molecule has 0 fully saturated rings. The van der Waals surface area contributed by atoms with Crippen LogP contribution in [0.2, 0.25) is 0 Å². The highest BCUT2D eigenvalue weighted by atomic mass is 16.5. The number of benzene rings is 1. The molecule has 0 bridgehead atoms. The number of nitrogens with zero attached hydrogens (tertiary/aromatic N) is 2. The minimum atomic E-state index is 0.629. The number of ether oxygens (including phenoxy) is 1. The van der Waals surface area contributed by atoms with E-state index < -0.39 is 0 Å². The van der Waals surface area contributed by atoms with Crippen LogP contribution in [0.25, 0.3) is 11.4 Å². The van der Waals surface area contributed by atoms with E-state index in [2.05, 4.69) is 22.3 Å². The summed E-state index contributed by atoms with van der Waals surface area (Å²) in [6.07, 6.45) is 1.93. The predicted octanol–water partition coefficient (Wildman–Crippen LogP) is 2.39. The Balaban J connectivity index is 2.38. The van der Waals surface area contributed by atoms with Crippen LogP contribution in [0.4, 0.5) is 5.82 Å². The first-order valence-corrected chi connectivity index (χ1v) is 6.25. The Labute approximate surface area is 112 Å². The Bertz CT molecular complexity index is 540. The maximum Gasteiger partial charge on any atom is 0.161 e. The van der Waals surface area contributed by atoms with Gasteiger partial charge in [0.25, 0.3) is 0 Å². The molecule has 3 N–H and O–H groups in total. The lowest BCUT2D eigenvalue weighted by atomic mass is 10.2. The third-order valence-corrected chi connectivity index (χ3v) is 2.78. The molecule has 0 radical (unpaired) electrons. The van der Waals surface area contributed by atoms with E-state index in [0.717, 1.165) is 29.8 Å². The molecule has 1 aromatic heterocycles. The van der Waals surface area contributed by atoms with Gasteiger partial charge in [-0.3, -0.25) is 0 Å². The predicted molar refractivity (Wildman–Crippen MR) is 75.8 cm³/mol. The van der Waals surface area contributed by atoms with Crippen molar-refractivity contribution in [3.63, 3.8) is 0 Å². The van der Waals surface area contributed by atoms with Crippen molar-refractivity contribution in [1.82, 2.24) is 9.97 Å². The van der Waals surface area contributed by atoms with Crippen LogP contribution in [0.15, 0.2) is 30.3 Å². The zero-order valence-electron chi connectivity index (χ0n) is 11.2. The van der Waals surface area contributed by atoms with Gasteiger partial charge in [0.1, 0.15) is 11.6 Å². The Kier molecular flexibility index (Phi) is 4.30. The molecule has 0 atom stereocenters. The number of rotatable bonds is 5. The van der Waals surface area contributed by atoms with Crippen molar-refractivity contribution < 1.29 is 4.74 Å². The maximum absolute atomic E-state index is 5.45. The van der Waals surface area contributed by atoms with Crippen molar-refractivity contribution in [2.75, 3.05) is 12.5 Å². The Morgan fingerprint density at radius 1 is 1.21 bits per heavy atom. The van der Waals surface area contributed by atoms with Gasteiger partial charge in [0.05, 0.1) is 7.11 Å². The largest absolute Gasteiger partial charge is 0.497 e. The van der Waals surface area contributed by atoms with Crippen LogP contribution in [0, 0.1) is 0 Å². The van der Waals surface area contributed by atoms with E-state index in [0.29, 0.717) is 11.6 Å². The Morgan fingerprint density at radius 3 is 2.53 bits per heavy atom. The van der Waals surface area contributed by atoms with E-state index in [4.69, 9.17) is 10.6 Å². The van der Waals surface area contributed by atoms with Crippen molar-refractivity contribution in [2.24, 2.45) is 5.84 Å². The van der Waals surface area contributed by atoms with Crippen molar-refractivity contribution >= 4 is 5.82 Å². The van der Waals surface area contributed by atoms with Gasteiger partial charge in [-0.25, -0.2) is 15.8 Å². The molecule has 0 amide bonds. The standard InChI is InChI=1S/C14H18N4O/c1-3-4-11-9-13(18-15)17-14(16-11)10-5-7-12(19-2)8-6-10/h5-9H,3-4,15H2,1-2H3,(H,16,17,18). The molecule has 100 valence electrons. The normalized spacial score (nSPS) is 10.3. The molecule has 1 heterocycles. The van der Waals surface area contributed by atoms with Gasteiger partial charge >= 0.3 is 0 Å². The third kappa shape index (κ3) is 3.20. The topological polar surface area (TPSA) is 73.1 Å². The molecule has 5 heteroatoms. The van der Waals surface area contributed by atoms with E-state index in [1.807, 2.05) is 30.3 Å². The van der Waals surface area contributed by atoms with Gasteiger partial charge in [0.15, 0.2) is 5.82 Å². The molecule has 1 aromatic carbocycles. The zero-order valence-corrected chi connectivity index (χ0v) is 11.2. The Morgan fingerprint density at radius 2 is 1.95 bits per heavy atom. The number of hydrogen-bond acceptors (Lipinski definition) is 5. The summed E-state index contributed by atoms with van der Waals surface area (Å²) in [5.41, 5.74) is 4.51. The SMILES string of the molecule is CCCc1cc(NN)nc(-c2ccc(OC)cc2)n1. The molecule has 0 saturated carbocycles. The number of nitrogens with two attached hydrogens (primary N) is 1. The van der Waals surface area contributed by atoms with E-state index in [9.17, 15) is 0 Å². The van der Waals surface area contributed by atoms with Crippen molar-refractivity contribution in [2.45, 2.75) is 19.8 Å². The molecule has 0 aliphatic heterocycles. The average Bonchev–Trinajstić information content (AvgIpc) is 2.47. The molecule has 0 aliphatic rings. The number of aryl methyl sites for hydroxylation is 1. The molecular formula is C14H18N4O. The summed E-state index contributed by atoms with van der Waals surface area (Å²) in [5, 5.41) is 0. The van der Waals surface area contributed by atoms with Crippen LogP contribution in [0.1, 0.15) is 19.0 Å². The summed E-state index contributed by atoms with van der Waals surface area (Å²) in [7, 11) is 1.64. The Hall–Kier alpha value is -2.14. The fourth-order valence-electron chi connectivity index (χ4n) is 1.82. The van der Waals surface area contributed by atoms with E-state index in [-0.39, 0.29) is 0 Å². The molecule has 0 saturated heterocycles. The molecular weight excluding hydrogens is 240 g/mol. The maximum atomic E-state index is 5.45. The van der Waals surface area contributed by atoms with Crippen LogP contribution in [0.3, 0.4) is 0 Å². The number of nitrogen functional groups attached to an aromatic ring is 1. The summed E-state index contributed by atoms with van der Waals surface area (Å²) >= 11 is 0. The fourth-order valence-corrected chi connectivity index (χ4v) is 1.82. The third-order valence-electron chi connectivity index (χ3n) is 2.78. The molecule has 2 rings (SSSR count). The van der Waals surface area contributed by atoms with E-state index >= 15 is 0 Å². The van der Waals surface area contributed by atoms with Gasteiger partial charge in [0.2, 0.25) is 0 Å². The average molecular weight is 258 g/mol. The van der Waals surface area contributed by atoms with Crippen molar-refractivity contribution in [3.8, 4) is 17.1 Å². The van der Waals surface area contributed by atoms with Crippen LogP contribution >= 0.6 is 0 Å². The molecule has 0 aliphatic carbocycles. The second-order valence-corrected chi connectivity index (χ2v) is 4.19. The van der Waals surface area contributed by atoms with Gasteiger partial charge in [-0.1, -0.05) is 13.3 Å². The van der Waals surface area contributed by atoms with Gasteiger partial charge in [-0.05, 0) is 30.7 Å². The van der Waals surface area contributed by atoms with Gasteiger partial charge in [-0.2, -0.15) is 0 Å². The smallest absolute Gasteiger partial charge is 0.161 e. The highest BCUT2D eigenvalue weighted by Gasteiger charge is 2.06. The lowest BCUT2D eigenvalue weighted by molar-refractivity contribution is 0.415. The number of hydrazine groups is 1. The van der Waals surface area contributed by atoms with Gasteiger partial charge in [-0.15, -0.1) is 0 Å². The van der Waals surface area contributed by atoms with Crippen molar-refractivity contribution in [3.05, 3.63) is 36.0 Å². The number of nitrogens with one attached hydrogen (secondary N) is 1. The molecule has 19 heavy (non-hydrogen) atoms. The quantitative estimate of drug-likeness (QED) is 0.636. The number of hydrogen-bond donors (Lipinski definition) is 2. The lowest BCUT2D eigenvalue weighted by Crippen LogP contribution is -2.10. The van der Waals surface area contributed by atoms with Crippen LogP contribution < -0.4 is 16.0 Å². The molecule has 5 nitrogen and oxygen atoms in total. The molecule has 0 unspecified atom stereocenters. The second kappa shape index (κ2) is 6.15. The van der Waals surface area contributed by atoms with Gasteiger partial charge in [0, 0.05) is 17.3 Å². The first-order valence-electron chi connectivity index (χ1n) is 6.25. The molecule has 2 aromatic rings. The zero-order chi connectivity index (χ0) is 13.7. The summed E-state index contributed by atoms with van der Waals surface area (Å²) in [4.78, 5) is 8.92. The summed E-state index contributed by atoms with van der Waals surface area (Å²) in [5.74, 6) is 7.56. The van der Waals surface area contributed by atoms with E-state index in [1.54, 1.807) is 7.11 Å². The van der Waals surface area contributed by atoms with Crippen LogP contribution in [-0.4, -0.2) is 17.1 Å². The lowest BCUT2D eigenvalue weighted by Gasteiger charge is -2.07. The highest BCUT2D eigenvalue weighted by molar-refractivity contribution is 5.58. The highest BCUT2D eigenvalue weighted by Crippen LogP contribution is 2.21. The van der Waals surface area contributed by atoms with Crippen LogP contribution in [0.5, 0.6) is 5.75 Å². The number of methoxy groups -OCH3 is 1. The van der Waals surface area contributed by atoms with Crippen molar-refractivity contribution in [1.29, 1.82) is 0 Å². The first-order chi connectivity index (χ1) is 9.26. The van der Waals surface area contributed by atoms with Crippen LogP contribution in [-0.2, 0) is 6.42 Å². The summed E-state index contributed by atoms with van der Waals surface area (Å²) in [6.45, 7) is 2.12. The summed E-state index contributed by atoms with van der Waals surface area (Å²) in [6, 6.07) is 9.52. The van der Waals surface area contributed by atoms with Gasteiger partial charge < -0.3 is 10.2 Å². The first kappa shape index (κ1) is 13.3. The molecule has 0 spiro atoms. The summed E-state index contributed by atoms with van der Waals surface area (Å²) < 4.78 is 5.14.